The molecule has 1 aliphatic rings. The van der Waals surface area contributed by atoms with Crippen molar-refractivity contribution in [2.45, 2.75) is 32.7 Å². The maximum Gasteiger partial charge on any atom is 0.0494 e. The van der Waals surface area contributed by atoms with E-state index in [0.717, 1.165) is 32.1 Å². The molecule has 100 valence electrons. The van der Waals surface area contributed by atoms with E-state index in [9.17, 15) is 0 Å². The van der Waals surface area contributed by atoms with Crippen LogP contribution in [-0.2, 0) is 11.2 Å². The van der Waals surface area contributed by atoms with E-state index in [2.05, 4.69) is 49.5 Å². The van der Waals surface area contributed by atoms with Crippen LogP contribution in [0.5, 0.6) is 0 Å². The fraction of sp³-hybridized carbons (Fsp3) is 0.625. The number of ether oxygens (including phenoxy) is 1. The first-order valence-electron chi connectivity index (χ1n) is 7.16. The molecule has 1 aromatic rings. The Morgan fingerprint density at radius 3 is 2.78 bits per heavy atom. The van der Waals surface area contributed by atoms with E-state index < -0.39 is 0 Å². The van der Waals surface area contributed by atoms with E-state index in [0.29, 0.717) is 12.0 Å². The van der Waals surface area contributed by atoms with Gasteiger partial charge in [0.15, 0.2) is 0 Å². The number of rotatable bonds is 5. The van der Waals surface area contributed by atoms with Crippen LogP contribution in [0, 0.1) is 11.8 Å². The molecule has 0 saturated carbocycles. The van der Waals surface area contributed by atoms with Crippen LogP contribution in [0.1, 0.15) is 25.8 Å². The Morgan fingerprint density at radius 2 is 2.11 bits per heavy atom. The van der Waals surface area contributed by atoms with E-state index in [1.807, 2.05) is 0 Å². The largest absolute Gasteiger partial charge is 0.381 e. The van der Waals surface area contributed by atoms with E-state index in [1.54, 1.807) is 0 Å². The summed E-state index contributed by atoms with van der Waals surface area (Å²) in [6, 6.07) is 11.4. The van der Waals surface area contributed by atoms with Crippen molar-refractivity contribution in [1.29, 1.82) is 0 Å². The fourth-order valence-electron chi connectivity index (χ4n) is 3.00. The van der Waals surface area contributed by atoms with Crippen molar-refractivity contribution in [1.82, 2.24) is 5.32 Å². The van der Waals surface area contributed by atoms with Crippen LogP contribution in [-0.4, -0.2) is 25.8 Å². The quantitative estimate of drug-likeness (QED) is 0.864. The molecule has 1 fully saturated rings. The van der Waals surface area contributed by atoms with Gasteiger partial charge in [0.2, 0.25) is 0 Å². The van der Waals surface area contributed by atoms with Gasteiger partial charge < -0.3 is 10.1 Å². The first kappa shape index (κ1) is 13.6. The molecular formula is C16H25NO. The molecule has 18 heavy (non-hydrogen) atoms. The molecule has 1 saturated heterocycles. The minimum Gasteiger partial charge on any atom is -0.381 e. The van der Waals surface area contributed by atoms with Gasteiger partial charge in [-0.1, -0.05) is 44.2 Å². The first-order chi connectivity index (χ1) is 8.81. The van der Waals surface area contributed by atoms with Crippen molar-refractivity contribution in [3.05, 3.63) is 35.9 Å². The lowest BCUT2D eigenvalue weighted by Gasteiger charge is -2.36. The van der Waals surface area contributed by atoms with Crippen LogP contribution in [0.15, 0.2) is 30.3 Å². The summed E-state index contributed by atoms with van der Waals surface area (Å²) < 4.78 is 5.56. The summed E-state index contributed by atoms with van der Waals surface area (Å²) in [6.07, 6.45) is 2.31. The summed E-state index contributed by atoms with van der Waals surface area (Å²) in [5.74, 6) is 1.39. The molecule has 0 spiro atoms. The molecular weight excluding hydrogens is 222 g/mol. The predicted octanol–water partition coefficient (Wildman–Crippen LogP) is 2.88. The number of benzene rings is 1. The van der Waals surface area contributed by atoms with Crippen LogP contribution in [0.4, 0.5) is 0 Å². The molecule has 2 rings (SSSR count). The zero-order chi connectivity index (χ0) is 12.8. The number of likely N-dealkylation sites (N-methyl/N-ethyl adjacent to an activating group) is 1. The van der Waals surface area contributed by atoms with E-state index >= 15 is 0 Å². The van der Waals surface area contributed by atoms with Crippen molar-refractivity contribution in [3.63, 3.8) is 0 Å². The summed E-state index contributed by atoms with van der Waals surface area (Å²) in [5, 5.41) is 3.68. The highest BCUT2D eigenvalue weighted by atomic mass is 16.5. The van der Waals surface area contributed by atoms with Crippen LogP contribution in [0.3, 0.4) is 0 Å². The van der Waals surface area contributed by atoms with Gasteiger partial charge in [0, 0.05) is 19.3 Å². The Balaban J connectivity index is 2.02. The second-order valence-corrected chi connectivity index (χ2v) is 5.36. The van der Waals surface area contributed by atoms with Crippen LogP contribution >= 0.6 is 0 Å². The van der Waals surface area contributed by atoms with Crippen molar-refractivity contribution in [2.75, 3.05) is 19.8 Å². The highest BCUT2D eigenvalue weighted by Gasteiger charge is 2.29. The third kappa shape index (κ3) is 3.56. The molecule has 1 N–H and O–H groups in total. The molecule has 0 aliphatic carbocycles. The van der Waals surface area contributed by atoms with Crippen molar-refractivity contribution in [3.8, 4) is 0 Å². The standard InChI is InChI=1S/C16H25NO/c1-3-17-16(11-14-7-5-4-6-8-14)15-9-10-18-12-13(15)2/h4-8,13,15-17H,3,9-12H2,1-2H3. The van der Waals surface area contributed by atoms with Crippen molar-refractivity contribution < 1.29 is 4.74 Å². The highest BCUT2D eigenvalue weighted by Crippen LogP contribution is 2.26. The number of nitrogens with one attached hydrogen (secondary N) is 1. The summed E-state index contributed by atoms with van der Waals surface area (Å²) in [4.78, 5) is 0. The molecule has 1 aliphatic heterocycles. The Morgan fingerprint density at radius 1 is 1.33 bits per heavy atom. The van der Waals surface area contributed by atoms with Crippen molar-refractivity contribution in [2.24, 2.45) is 11.8 Å². The van der Waals surface area contributed by atoms with Gasteiger partial charge in [0.05, 0.1) is 0 Å². The molecule has 2 nitrogen and oxygen atoms in total. The molecule has 3 atom stereocenters. The van der Waals surface area contributed by atoms with Gasteiger partial charge in [-0.2, -0.15) is 0 Å². The lowest BCUT2D eigenvalue weighted by molar-refractivity contribution is 0.0111. The summed E-state index contributed by atoms with van der Waals surface area (Å²) in [6.45, 7) is 7.40. The second-order valence-electron chi connectivity index (χ2n) is 5.36. The van der Waals surface area contributed by atoms with Gasteiger partial charge in [-0.3, -0.25) is 0 Å². The van der Waals surface area contributed by atoms with Crippen LogP contribution in [0.2, 0.25) is 0 Å². The first-order valence-corrected chi connectivity index (χ1v) is 7.16. The summed E-state index contributed by atoms with van der Waals surface area (Å²) in [7, 11) is 0. The molecule has 1 aromatic carbocycles. The zero-order valence-electron chi connectivity index (χ0n) is 11.6. The van der Waals surface area contributed by atoms with E-state index in [1.165, 1.54) is 12.0 Å². The van der Waals surface area contributed by atoms with E-state index in [-0.39, 0.29) is 0 Å². The monoisotopic (exact) mass is 247 g/mol. The lowest BCUT2D eigenvalue weighted by Crippen LogP contribution is -2.44. The third-order valence-corrected chi connectivity index (χ3v) is 3.99. The SMILES string of the molecule is CCNC(Cc1ccccc1)C1CCOCC1C. The van der Waals surface area contributed by atoms with Gasteiger partial charge in [0.1, 0.15) is 0 Å². The molecule has 0 aromatic heterocycles. The molecule has 3 unspecified atom stereocenters. The Kier molecular flexibility index (Phi) is 5.21. The van der Waals surface area contributed by atoms with Gasteiger partial charge in [-0.25, -0.2) is 0 Å². The number of hydrogen-bond donors (Lipinski definition) is 1. The highest BCUT2D eigenvalue weighted by molar-refractivity contribution is 5.16. The van der Waals surface area contributed by atoms with Crippen LogP contribution in [0.25, 0.3) is 0 Å². The molecule has 1 heterocycles. The van der Waals surface area contributed by atoms with Gasteiger partial charge in [0.25, 0.3) is 0 Å². The fourth-order valence-corrected chi connectivity index (χ4v) is 3.00. The summed E-state index contributed by atoms with van der Waals surface area (Å²) in [5.41, 5.74) is 1.43. The Labute approximate surface area is 111 Å². The smallest absolute Gasteiger partial charge is 0.0494 e. The lowest BCUT2D eigenvalue weighted by atomic mass is 9.81. The average molecular weight is 247 g/mol. The average Bonchev–Trinajstić information content (AvgIpc) is 2.40. The maximum atomic E-state index is 5.56. The molecule has 0 bridgehead atoms. The maximum absolute atomic E-state index is 5.56. The topological polar surface area (TPSA) is 21.3 Å². The van der Waals surface area contributed by atoms with Gasteiger partial charge in [-0.05, 0) is 36.8 Å². The summed E-state index contributed by atoms with van der Waals surface area (Å²) >= 11 is 0. The molecule has 0 radical (unpaired) electrons. The van der Waals surface area contributed by atoms with Crippen molar-refractivity contribution >= 4 is 0 Å². The van der Waals surface area contributed by atoms with Gasteiger partial charge in [-0.15, -0.1) is 0 Å². The van der Waals surface area contributed by atoms with E-state index in [4.69, 9.17) is 4.74 Å². The minimum atomic E-state index is 0.580. The molecule has 0 amide bonds. The Hall–Kier alpha value is -0.860. The predicted molar refractivity (Wildman–Crippen MR) is 75.7 cm³/mol. The minimum absolute atomic E-state index is 0.580. The normalized spacial score (nSPS) is 25.9. The third-order valence-electron chi connectivity index (χ3n) is 3.99. The van der Waals surface area contributed by atoms with Crippen LogP contribution < -0.4 is 5.32 Å². The van der Waals surface area contributed by atoms with Gasteiger partial charge >= 0.3 is 0 Å². The number of hydrogen-bond acceptors (Lipinski definition) is 2. The Bertz CT molecular complexity index is 338. The molecule has 2 heteroatoms. The zero-order valence-corrected chi connectivity index (χ0v) is 11.6. The second kappa shape index (κ2) is 6.91.